The van der Waals surface area contributed by atoms with Crippen LogP contribution in [0.15, 0.2) is 6.33 Å². The predicted molar refractivity (Wildman–Crippen MR) is 61.6 cm³/mol. The molecule has 5 nitrogen and oxygen atoms in total. The molecule has 0 atom stereocenters. The normalized spacial score (nSPS) is 17.1. The second kappa shape index (κ2) is 4.67. The van der Waals surface area contributed by atoms with E-state index in [-0.39, 0.29) is 4.99 Å². The van der Waals surface area contributed by atoms with Crippen LogP contribution in [-0.2, 0) is 6.54 Å². The maximum atomic E-state index is 5.43. The summed E-state index contributed by atoms with van der Waals surface area (Å²) in [5, 5.41) is 4.18. The van der Waals surface area contributed by atoms with Crippen LogP contribution in [-0.4, -0.2) is 44.3 Å². The molecule has 0 bridgehead atoms. The Balaban J connectivity index is 1.84. The summed E-state index contributed by atoms with van der Waals surface area (Å²) < 4.78 is 1.80. The molecule has 1 aliphatic heterocycles. The minimum atomic E-state index is 0.259. The van der Waals surface area contributed by atoms with Gasteiger partial charge >= 0.3 is 0 Å². The first-order valence-corrected chi connectivity index (χ1v) is 5.58. The molecule has 0 saturated carbocycles. The van der Waals surface area contributed by atoms with Crippen molar-refractivity contribution in [3.8, 4) is 0 Å². The van der Waals surface area contributed by atoms with E-state index in [1.165, 1.54) is 25.9 Å². The maximum Gasteiger partial charge on any atom is 0.208 e. The summed E-state index contributed by atoms with van der Waals surface area (Å²) in [5.74, 6) is 0.464. The molecule has 0 unspecified atom stereocenters. The summed E-state index contributed by atoms with van der Waals surface area (Å²) in [5.41, 5.74) is 5.43. The van der Waals surface area contributed by atoms with E-state index in [0.717, 1.165) is 13.1 Å². The highest BCUT2D eigenvalue weighted by molar-refractivity contribution is 7.80. The molecule has 0 spiro atoms. The molecule has 1 saturated heterocycles. The Morgan fingerprint density at radius 3 is 2.73 bits per heavy atom. The lowest BCUT2D eigenvalue weighted by Crippen LogP contribution is -2.24. The lowest BCUT2D eigenvalue weighted by atomic mass is 10.4. The van der Waals surface area contributed by atoms with E-state index in [1.807, 2.05) is 0 Å². The van der Waals surface area contributed by atoms with Crippen LogP contribution in [0.3, 0.4) is 0 Å². The van der Waals surface area contributed by atoms with Crippen LogP contribution in [0.25, 0.3) is 0 Å². The monoisotopic (exact) mass is 225 g/mol. The fraction of sp³-hybridized carbons (Fsp3) is 0.667. The Morgan fingerprint density at radius 1 is 1.40 bits per heavy atom. The zero-order valence-electron chi connectivity index (χ0n) is 8.59. The Morgan fingerprint density at radius 2 is 2.13 bits per heavy atom. The van der Waals surface area contributed by atoms with Crippen molar-refractivity contribution in [2.75, 3.05) is 19.6 Å². The largest absolute Gasteiger partial charge is 0.387 e. The number of aromatic nitrogens is 3. The van der Waals surface area contributed by atoms with Gasteiger partial charge in [0.2, 0.25) is 5.82 Å². The molecule has 0 aliphatic carbocycles. The Hall–Kier alpha value is -1.01. The summed E-state index contributed by atoms with van der Waals surface area (Å²) in [4.78, 5) is 6.72. The summed E-state index contributed by atoms with van der Waals surface area (Å²) in [6.07, 6.45) is 4.32. The highest BCUT2D eigenvalue weighted by Gasteiger charge is 2.11. The molecule has 2 N–H and O–H groups in total. The molecule has 15 heavy (non-hydrogen) atoms. The number of likely N-dealkylation sites (tertiary alicyclic amines) is 1. The SMILES string of the molecule is NC(=S)c1ncn(CCN2CCCC2)n1. The van der Waals surface area contributed by atoms with Gasteiger partial charge in [-0.15, -0.1) is 5.10 Å². The Bertz CT molecular complexity index is 342. The van der Waals surface area contributed by atoms with Crippen LogP contribution in [0.1, 0.15) is 18.7 Å². The first kappa shape index (κ1) is 10.5. The van der Waals surface area contributed by atoms with Gasteiger partial charge in [-0.25, -0.2) is 4.98 Å². The molecule has 6 heteroatoms. The number of nitrogens with two attached hydrogens (primary N) is 1. The molecule has 0 aromatic carbocycles. The molecule has 0 amide bonds. The molecule has 82 valence electrons. The second-order valence-electron chi connectivity index (χ2n) is 3.74. The predicted octanol–water partition coefficient (Wildman–Crippen LogP) is 0.00810. The van der Waals surface area contributed by atoms with E-state index in [9.17, 15) is 0 Å². The van der Waals surface area contributed by atoms with Crippen molar-refractivity contribution in [1.82, 2.24) is 19.7 Å². The summed E-state index contributed by atoms with van der Waals surface area (Å²) in [7, 11) is 0. The average molecular weight is 225 g/mol. The van der Waals surface area contributed by atoms with Crippen molar-refractivity contribution >= 4 is 17.2 Å². The summed E-state index contributed by atoms with van der Waals surface area (Å²) >= 11 is 4.80. The van der Waals surface area contributed by atoms with Crippen molar-refractivity contribution < 1.29 is 0 Å². The quantitative estimate of drug-likeness (QED) is 0.731. The van der Waals surface area contributed by atoms with Crippen molar-refractivity contribution in [2.45, 2.75) is 19.4 Å². The molecule has 2 rings (SSSR count). The number of hydrogen-bond donors (Lipinski definition) is 1. The van der Waals surface area contributed by atoms with Gasteiger partial charge in [0.1, 0.15) is 11.3 Å². The van der Waals surface area contributed by atoms with E-state index in [1.54, 1.807) is 11.0 Å². The maximum absolute atomic E-state index is 5.43. The zero-order chi connectivity index (χ0) is 10.7. The highest BCUT2D eigenvalue weighted by atomic mass is 32.1. The van der Waals surface area contributed by atoms with Crippen LogP contribution in [0.2, 0.25) is 0 Å². The van der Waals surface area contributed by atoms with Crippen LogP contribution in [0.5, 0.6) is 0 Å². The van der Waals surface area contributed by atoms with E-state index in [0.29, 0.717) is 5.82 Å². The number of nitrogens with zero attached hydrogens (tertiary/aromatic N) is 4. The van der Waals surface area contributed by atoms with Crippen molar-refractivity contribution in [3.63, 3.8) is 0 Å². The fourth-order valence-corrected chi connectivity index (χ4v) is 1.86. The highest BCUT2D eigenvalue weighted by Crippen LogP contribution is 2.06. The van der Waals surface area contributed by atoms with Crippen LogP contribution < -0.4 is 5.73 Å². The van der Waals surface area contributed by atoms with Gasteiger partial charge in [-0.3, -0.25) is 4.68 Å². The third-order valence-electron chi connectivity index (χ3n) is 2.60. The standard InChI is InChI=1S/C9H15N5S/c10-8(15)9-11-7-14(12-9)6-5-13-3-1-2-4-13/h7H,1-6H2,(H2,10,15). The summed E-state index contributed by atoms with van der Waals surface area (Å²) in [6, 6.07) is 0. The van der Waals surface area contributed by atoms with E-state index < -0.39 is 0 Å². The molecule has 1 aromatic rings. The van der Waals surface area contributed by atoms with Gasteiger partial charge in [-0.2, -0.15) is 0 Å². The molecule has 1 fully saturated rings. The van der Waals surface area contributed by atoms with Crippen molar-refractivity contribution in [3.05, 3.63) is 12.2 Å². The molecular weight excluding hydrogens is 210 g/mol. The van der Waals surface area contributed by atoms with E-state index in [2.05, 4.69) is 15.0 Å². The van der Waals surface area contributed by atoms with Crippen LogP contribution in [0.4, 0.5) is 0 Å². The lowest BCUT2D eigenvalue weighted by Gasteiger charge is -2.13. The van der Waals surface area contributed by atoms with Gasteiger partial charge < -0.3 is 10.6 Å². The van der Waals surface area contributed by atoms with Crippen molar-refractivity contribution in [1.29, 1.82) is 0 Å². The van der Waals surface area contributed by atoms with Crippen molar-refractivity contribution in [2.24, 2.45) is 5.73 Å². The van der Waals surface area contributed by atoms with Gasteiger partial charge in [0.15, 0.2) is 0 Å². The minimum Gasteiger partial charge on any atom is -0.387 e. The van der Waals surface area contributed by atoms with Crippen LogP contribution in [0, 0.1) is 0 Å². The Kier molecular flexibility index (Phi) is 3.27. The zero-order valence-corrected chi connectivity index (χ0v) is 9.41. The Labute approximate surface area is 94.3 Å². The number of rotatable bonds is 4. The van der Waals surface area contributed by atoms with Crippen LogP contribution >= 0.6 is 12.2 Å². The lowest BCUT2D eigenvalue weighted by molar-refractivity contribution is 0.315. The topological polar surface area (TPSA) is 60.0 Å². The third kappa shape index (κ3) is 2.73. The second-order valence-corrected chi connectivity index (χ2v) is 4.18. The van der Waals surface area contributed by atoms with Gasteiger partial charge in [-0.1, -0.05) is 12.2 Å². The molecule has 1 aliphatic rings. The molecule has 1 aromatic heterocycles. The first-order valence-electron chi connectivity index (χ1n) is 5.17. The minimum absolute atomic E-state index is 0.259. The number of hydrogen-bond acceptors (Lipinski definition) is 4. The summed E-state index contributed by atoms with van der Waals surface area (Å²) in [6.45, 7) is 4.30. The number of thiocarbonyl (C=S) groups is 1. The van der Waals surface area contributed by atoms with Gasteiger partial charge in [0.05, 0.1) is 6.54 Å². The van der Waals surface area contributed by atoms with E-state index in [4.69, 9.17) is 18.0 Å². The molecule has 2 heterocycles. The molecule has 0 radical (unpaired) electrons. The molecular formula is C9H15N5S. The first-order chi connectivity index (χ1) is 7.25. The average Bonchev–Trinajstić information content (AvgIpc) is 2.86. The smallest absolute Gasteiger partial charge is 0.208 e. The third-order valence-corrected chi connectivity index (χ3v) is 2.78. The van der Waals surface area contributed by atoms with Gasteiger partial charge in [0.25, 0.3) is 0 Å². The van der Waals surface area contributed by atoms with E-state index >= 15 is 0 Å². The fourth-order valence-electron chi connectivity index (χ4n) is 1.77. The van der Waals surface area contributed by atoms with Gasteiger partial charge in [-0.05, 0) is 25.9 Å². The van der Waals surface area contributed by atoms with Gasteiger partial charge in [0, 0.05) is 6.54 Å².